The number of carbonyl (C=O) groups is 1. The van der Waals surface area contributed by atoms with Crippen LogP contribution in [0.4, 0.5) is 18.0 Å². The van der Waals surface area contributed by atoms with Crippen LogP contribution < -0.4 is 5.32 Å². The van der Waals surface area contributed by atoms with Crippen molar-refractivity contribution < 1.29 is 18.0 Å². The lowest BCUT2D eigenvalue weighted by Crippen LogP contribution is -2.54. The van der Waals surface area contributed by atoms with Gasteiger partial charge in [0, 0.05) is 26.2 Å². The van der Waals surface area contributed by atoms with Crippen molar-refractivity contribution in [3.63, 3.8) is 0 Å². The third-order valence-corrected chi connectivity index (χ3v) is 2.62. The first-order chi connectivity index (χ1) is 7.30. The second-order valence-electron chi connectivity index (χ2n) is 4.00. The fourth-order valence-electron chi connectivity index (χ4n) is 1.37. The van der Waals surface area contributed by atoms with E-state index in [2.05, 4.69) is 0 Å². The third-order valence-electron chi connectivity index (χ3n) is 2.62. The van der Waals surface area contributed by atoms with Gasteiger partial charge in [0.15, 0.2) is 0 Å². The van der Waals surface area contributed by atoms with E-state index >= 15 is 0 Å². The van der Waals surface area contributed by atoms with E-state index in [1.165, 1.54) is 4.90 Å². The molecule has 0 aromatic heterocycles. The zero-order valence-corrected chi connectivity index (χ0v) is 9.34. The van der Waals surface area contributed by atoms with Crippen molar-refractivity contribution in [2.24, 2.45) is 0 Å². The van der Waals surface area contributed by atoms with Gasteiger partial charge in [-0.25, -0.2) is 4.79 Å². The number of likely N-dealkylation sites (N-methyl/N-ethyl adjacent to an activating group) is 1. The SMILES string of the molecule is CC(NC(=O)N1CCN(C)CC1)C(F)(F)F. The molecule has 1 fully saturated rings. The molecular formula is C9H16F3N3O. The van der Waals surface area contributed by atoms with Crippen molar-refractivity contribution >= 4 is 6.03 Å². The van der Waals surface area contributed by atoms with E-state index < -0.39 is 18.2 Å². The number of urea groups is 1. The second-order valence-corrected chi connectivity index (χ2v) is 4.00. The average molecular weight is 239 g/mol. The summed E-state index contributed by atoms with van der Waals surface area (Å²) in [4.78, 5) is 14.9. The summed E-state index contributed by atoms with van der Waals surface area (Å²) in [5.74, 6) is 0. The van der Waals surface area contributed by atoms with Gasteiger partial charge in [-0.15, -0.1) is 0 Å². The number of alkyl halides is 3. The molecule has 0 spiro atoms. The summed E-state index contributed by atoms with van der Waals surface area (Å²) in [7, 11) is 1.91. The molecule has 0 saturated carbocycles. The molecule has 1 saturated heterocycles. The first-order valence-corrected chi connectivity index (χ1v) is 5.11. The normalized spacial score (nSPS) is 20.7. The largest absolute Gasteiger partial charge is 0.408 e. The van der Waals surface area contributed by atoms with Gasteiger partial charge < -0.3 is 15.1 Å². The molecule has 0 radical (unpaired) electrons. The molecule has 1 aliphatic rings. The number of amides is 2. The number of hydrogen-bond acceptors (Lipinski definition) is 2. The highest BCUT2D eigenvalue weighted by molar-refractivity contribution is 5.74. The topological polar surface area (TPSA) is 35.6 Å². The Balaban J connectivity index is 2.41. The van der Waals surface area contributed by atoms with Crippen LogP contribution in [-0.4, -0.2) is 61.3 Å². The summed E-state index contributed by atoms with van der Waals surface area (Å²) in [6.07, 6.45) is -4.39. The van der Waals surface area contributed by atoms with Crippen LogP contribution in [0.2, 0.25) is 0 Å². The first kappa shape index (κ1) is 13.1. The highest BCUT2D eigenvalue weighted by atomic mass is 19.4. The van der Waals surface area contributed by atoms with Crippen LogP contribution in [0, 0.1) is 0 Å². The predicted octanol–water partition coefficient (Wildman–Crippen LogP) is 0.894. The van der Waals surface area contributed by atoms with Crippen molar-refractivity contribution in [3.8, 4) is 0 Å². The number of carbonyl (C=O) groups excluding carboxylic acids is 1. The Bertz CT molecular complexity index is 249. The first-order valence-electron chi connectivity index (χ1n) is 5.11. The Morgan fingerprint density at radius 3 is 2.19 bits per heavy atom. The molecule has 1 aliphatic heterocycles. The predicted molar refractivity (Wildman–Crippen MR) is 53.1 cm³/mol. The Kier molecular flexibility index (Phi) is 4.01. The lowest BCUT2D eigenvalue weighted by Gasteiger charge is -2.33. The molecule has 1 N–H and O–H groups in total. The van der Waals surface area contributed by atoms with E-state index in [1.54, 1.807) is 0 Å². The minimum absolute atomic E-state index is 0.465. The van der Waals surface area contributed by atoms with Crippen LogP contribution >= 0.6 is 0 Å². The molecule has 0 aromatic rings. The number of nitrogens with one attached hydrogen (secondary N) is 1. The summed E-state index contributed by atoms with van der Waals surface area (Å²) in [5, 5.41) is 1.95. The number of rotatable bonds is 1. The molecule has 0 aliphatic carbocycles. The lowest BCUT2D eigenvalue weighted by atomic mass is 10.3. The molecule has 7 heteroatoms. The second kappa shape index (κ2) is 4.90. The van der Waals surface area contributed by atoms with E-state index in [0.29, 0.717) is 26.2 Å². The van der Waals surface area contributed by atoms with Gasteiger partial charge in [-0.05, 0) is 14.0 Å². The summed E-state index contributed by atoms with van der Waals surface area (Å²) in [6.45, 7) is 3.25. The van der Waals surface area contributed by atoms with Gasteiger partial charge in [0.2, 0.25) is 0 Å². The number of nitrogens with zero attached hydrogens (tertiary/aromatic N) is 2. The van der Waals surface area contributed by atoms with Gasteiger partial charge in [0.05, 0.1) is 0 Å². The molecule has 2 amide bonds. The third kappa shape index (κ3) is 3.55. The van der Waals surface area contributed by atoms with E-state index in [4.69, 9.17) is 0 Å². The van der Waals surface area contributed by atoms with Gasteiger partial charge in [0.25, 0.3) is 0 Å². The molecule has 0 aromatic carbocycles. The number of halogens is 3. The van der Waals surface area contributed by atoms with Crippen molar-refractivity contribution in [3.05, 3.63) is 0 Å². The molecule has 1 heterocycles. The molecule has 16 heavy (non-hydrogen) atoms. The Morgan fingerprint density at radius 1 is 1.25 bits per heavy atom. The van der Waals surface area contributed by atoms with E-state index in [-0.39, 0.29) is 0 Å². The van der Waals surface area contributed by atoms with Gasteiger partial charge in [-0.1, -0.05) is 0 Å². The molecule has 1 unspecified atom stereocenters. The van der Waals surface area contributed by atoms with Gasteiger partial charge in [-0.2, -0.15) is 13.2 Å². The zero-order chi connectivity index (χ0) is 12.3. The van der Waals surface area contributed by atoms with Crippen LogP contribution in [0.1, 0.15) is 6.92 Å². The van der Waals surface area contributed by atoms with E-state index in [0.717, 1.165) is 6.92 Å². The standard InChI is InChI=1S/C9H16F3N3O/c1-7(9(10,11)12)13-8(16)15-5-3-14(2)4-6-15/h7H,3-6H2,1-2H3,(H,13,16). The van der Waals surface area contributed by atoms with E-state index in [9.17, 15) is 18.0 Å². The number of piperazine rings is 1. The summed E-state index contributed by atoms with van der Waals surface area (Å²) < 4.78 is 36.6. The summed E-state index contributed by atoms with van der Waals surface area (Å²) >= 11 is 0. The molecule has 4 nitrogen and oxygen atoms in total. The summed E-state index contributed by atoms with van der Waals surface area (Å²) in [6, 6.07) is -2.45. The van der Waals surface area contributed by atoms with Crippen molar-refractivity contribution in [1.29, 1.82) is 0 Å². The maximum atomic E-state index is 12.2. The van der Waals surface area contributed by atoms with E-state index in [1.807, 2.05) is 17.3 Å². The average Bonchev–Trinajstić information content (AvgIpc) is 2.17. The quantitative estimate of drug-likeness (QED) is 0.737. The van der Waals surface area contributed by atoms with Crippen LogP contribution in [0.3, 0.4) is 0 Å². The van der Waals surface area contributed by atoms with Crippen LogP contribution in [0.25, 0.3) is 0 Å². The van der Waals surface area contributed by atoms with Gasteiger partial charge in [-0.3, -0.25) is 0 Å². The zero-order valence-electron chi connectivity index (χ0n) is 9.34. The molecule has 0 bridgehead atoms. The number of hydrogen-bond donors (Lipinski definition) is 1. The highest BCUT2D eigenvalue weighted by Crippen LogP contribution is 2.19. The molecular weight excluding hydrogens is 223 g/mol. The van der Waals surface area contributed by atoms with Crippen molar-refractivity contribution in [2.45, 2.75) is 19.1 Å². The van der Waals surface area contributed by atoms with Gasteiger partial charge >= 0.3 is 12.2 Å². The molecule has 94 valence electrons. The molecule has 1 atom stereocenters. The minimum atomic E-state index is -4.39. The van der Waals surface area contributed by atoms with Crippen LogP contribution in [0.15, 0.2) is 0 Å². The Labute approximate surface area is 92.4 Å². The fraction of sp³-hybridized carbons (Fsp3) is 0.889. The minimum Gasteiger partial charge on any atom is -0.326 e. The monoisotopic (exact) mass is 239 g/mol. The lowest BCUT2D eigenvalue weighted by molar-refractivity contribution is -0.149. The van der Waals surface area contributed by atoms with Crippen molar-refractivity contribution in [1.82, 2.24) is 15.1 Å². The Hall–Kier alpha value is -0.980. The maximum absolute atomic E-state index is 12.2. The summed E-state index contributed by atoms with van der Waals surface area (Å²) in [5.41, 5.74) is 0. The maximum Gasteiger partial charge on any atom is 0.408 e. The van der Waals surface area contributed by atoms with Crippen LogP contribution in [-0.2, 0) is 0 Å². The van der Waals surface area contributed by atoms with Gasteiger partial charge in [0.1, 0.15) is 6.04 Å². The smallest absolute Gasteiger partial charge is 0.326 e. The highest BCUT2D eigenvalue weighted by Gasteiger charge is 2.37. The Morgan fingerprint density at radius 2 is 1.75 bits per heavy atom. The fourth-order valence-corrected chi connectivity index (χ4v) is 1.37. The van der Waals surface area contributed by atoms with Crippen LogP contribution in [0.5, 0.6) is 0 Å². The van der Waals surface area contributed by atoms with Crippen molar-refractivity contribution in [2.75, 3.05) is 33.2 Å². The molecule has 1 rings (SSSR count).